The van der Waals surface area contributed by atoms with Crippen molar-refractivity contribution in [2.24, 2.45) is 11.7 Å². The number of benzene rings is 1. The summed E-state index contributed by atoms with van der Waals surface area (Å²) in [4.78, 5) is 17.8. The smallest absolute Gasteiger partial charge is 0.217 e. The number of amides is 1. The van der Waals surface area contributed by atoms with Crippen molar-refractivity contribution in [1.29, 1.82) is 0 Å². The average Bonchev–Trinajstić information content (AvgIpc) is 2.52. The van der Waals surface area contributed by atoms with Crippen LogP contribution in [0.25, 0.3) is 10.9 Å². The minimum absolute atomic E-state index is 0.210. The van der Waals surface area contributed by atoms with Gasteiger partial charge in [0.05, 0.1) is 5.52 Å². The molecule has 0 aliphatic carbocycles. The Morgan fingerprint density at radius 3 is 3.09 bits per heavy atom. The van der Waals surface area contributed by atoms with Gasteiger partial charge in [-0.1, -0.05) is 11.6 Å². The van der Waals surface area contributed by atoms with Crippen molar-refractivity contribution in [3.05, 3.63) is 35.5 Å². The van der Waals surface area contributed by atoms with E-state index in [0.717, 1.165) is 48.3 Å². The summed E-state index contributed by atoms with van der Waals surface area (Å²) in [6.45, 7) is 1.98. The standard InChI is InChI=1S/C17H20ClN3O/c18-13-4-5-15-14(10-13)16(7-8-20-15)21-9-1-2-12(11-21)3-6-17(19)22/h4-5,7-8,10,12H,1-3,6,9,11H2,(H2,19,22)/t12-/m0/s1. The number of anilines is 1. The summed E-state index contributed by atoms with van der Waals surface area (Å²) in [7, 11) is 0. The molecule has 0 saturated carbocycles. The fraction of sp³-hybridized carbons (Fsp3) is 0.412. The molecule has 1 saturated heterocycles. The second-order valence-corrected chi connectivity index (χ2v) is 6.39. The second kappa shape index (κ2) is 6.53. The number of hydrogen-bond donors (Lipinski definition) is 1. The zero-order valence-corrected chi connectivity index (χ0v) is 13.2. The summed E-state index contributed by atoms with van der Waals surface area (Å²) in [5.41, 5.74) is 7.41. The maximum Gasteiger partial charge on any atom is 0.217 e. The van der Waals surface area contributed by atoms with Crippen molar-refractivity contribution in [2.45, 2.75) is 25.7 Å². The molecular weight excluding hydrogens is 298 g/mol. The fourth-order valence-corrected chi connectivity index (χ4v) is 3.42. The Bertz CT molecular complexity index is 689. The van der Waals surface area contributed by atoms with E-state index < -0.39 is 0 Å². The third-order valence-electron chi connectivity index (χ3n) is 4.34. The molecule has 0 unspecified atom stereocenters. The van der Waals surface area contributed by atoms with Crippen molar-refractivity contribution in [3.63, 3.8) is 0 Å². The number of pyridine rings is 1. The average molecular weight is 318 g/mol. The molecule has 2 heterocycles. The van der Waals surface area contributed by atoms with Crippen LogP contribution in [-0.2, 0) is 4.79 Å². The van der Waals surface area contributed by atoms with Crippen molar-refractivity contribution in [3.8, 4) is 0 Å². The molecule has 2 aromatic rings. The first-order valence-corrected chi connectivity index (χ1v) is 8.09. The molecule has 5 heteroatoms. The Kier molecular flexibility index (Phi) is 4.48. The molecule has 1 aliphatic heterocycles. The van der Waals surface area contributed by atoms with Crippen LogP contribution < -0.4 is 10.6 Å². The van der Waals surface area contributed by atoms with Gasteiger partial charge in [0, 0.05) is 41.8 Å². The van der Waals surface area contributed by atoms with Gasteiger partial charge in [0.25, 0.3) is 0 Å². The van der Waals surface area contributed by atoms with Gasteiger partial charge in [0.2, 0.25) is 5.91 Å². The molecule has 2 N–H and O–H groups in total. The predicted molar refractivity (Wildman–Crippen MR) is 90.1 cm³/mol. The van der Waals surface area contributed by atoms with E-state index in [1.165, 1.54) is 5.69 Å². The Labute approximate surface area is 135 Å². The molecule has 116 valence electrons. The van der Waals surface area contributed by atoms with Crippen LogP contribution in [0.15, 0.2) is 30.5 Å². The number of carbonyl (C=O) groups excluding carboxylic acids is 1. The van der Waals surface area contributed by atoms with E-state index in [2.05, 4.69) is 16.0 Å². The van der Waals surface area contributed by atoms with Crippen LogP contribution in [0, 0.1) is 5.92 Å². The summed E-state index contributed by atoms with van der Waals surface area (Å²) in [6, 6.07) is 7.85. The number of primary amides is 1. The van der Waals surface area contributed by atoms with E-state index in [1.807, 2.05) is 24.4 Å². The number of nitrogens with two attached hydrogens (primary N) is 1. The van der Waals surface area contributed by atoms with E-state index in [0.29, 0.717) is 12.3 Å². The highest BCUT2D eigenvalue weighted by Gasteiger charge is 2.21. The van der Waals surface area contributed by atoms with Crippen LogP contribution in [-0.4, -0.2) is 24.0 Å². The number of piperidine rings is 1. The molecule has 4 nitrogen and oxygen atoms in total. The molecule has 1 atom stereocenters. The maximum absolute atomic E-state index is 11.0. The summed E-state index contributed by atoms with van der Waals surface area (Å²) in [5.74, 6) is 0.307. The highest BCUT2D eigenvalue weighted by Crippen LogP contribution is 2.31. The Hall–Kier alpha value is -1.81. The van der Waals surface area contributed by atoms with Gasteiger partial charge in [0.15, 0.2) is 0 Å². The lowest BCUT2D eigenvalue weighted by Gasteiger charge is -2.35. The highest BCUT2D eigenvalue weighted by atomic mass is 35.5. The molecule has 1 aromatic heterocycles. The van der Waals surface area contributed by atoms with Crippen molar-refractivity contribution in [2.75, 3.05) is 18.0 Å². The summed E-state index contributed by atoms with van der Waals surface area (Å²) in [6.07, 6.45) is 5.48. The van der Waals surface area contributed by atoms with Crippen molar-refractivity contribution >= 4 is 34.1 Å². The van der Waals surface area contributed by atoms with E-state index in [4.69, 9.17) is 17.3 Å². The Balaban J connectivity index is 1.84. The maximum atomic E-state index is 11.0. The predicted octanol–water partition coefficient (Wildman–Crippen LogP) is 3.37. The van der Waals surface area contributed by atoms with Gasteiger partial charge in [-0.3, -0.25) is 9.78 Å². The molecule has 1 fully saturated rings. The van der Waals surface area contributed by atoms with Crippen molar-refractivity contribution in [1.82, 2.24) is 4.98 Å². The van der Waals surface area contributed by atoms with E-state index in [1.54, 1.807) is 0 Å². The zero-order chi connectivity index (χ0) is 15.5. The largest absolute Gasteiger partial charge is 0.371 e. The Morgan fingerprint density at radius 2 is 2.27 bits per heavy atom. The van der Waals surface area contributed by atoms with E-state index in [-0.39, 0.29) is 5.91 Å². The lowest BCUT2D eigenvalue weighted by molar-refractivity contribution is -0.118. The number of hydrogen-bond acceptors (Lipinski definition) is 3. The first-order valence-electron chi connectivity index (χ1n) is 7.71. The quantitative estimate of drug-likeness (QED) is 0.940. The van der Waals surface area contributed by atoms with E-state index in [9.17, 15) is 4.79 Å². The number of rotatable bonds is 4. The fourth-order valence-electron chi connectivity index (χ4n) is 3.25. The second-order valence-electron chi connectivity index (χ2n) is 5.95. The van der Waals surface area contributed by atoms with Gasteiger partial charge < -0.3 is 10.6 Å². The number of carbonyl (C=O) groups is 1. The molecule has 1 aromatic carbocycles. The third kappa shape index (κ3) is 3.33. The van der Waals surface area contributed by atoms with Crippen LogP contribution in [0.3, 0.4) is 0 Å². The van der Waals surface area contributed by atoms with Gasteiger partial charge >= 0.3 is 0 Å². The molecule has 0 bridgehead atoms. The van der Waals surface area contributed by atoms with Gasteiger partial charge in [-0.25, -0.2) is 0 Å². The normalized spacial score (nSPS) is 18.6. The SMILES string of the molecule is NC(=O)CC[C@@H]1CCCN(c2ccnc3ccc(Cl)cc23)C1. The number of halogens is 1. The van der Waals surface area contributed by atoms with Crippen LogP contribution in [0.2, 0.25) is 5.02 Å². The van der Waals surface area contributed by atoms with Gasteiger partial charge in [-0.15, -0.1) is 0 Å². The number of nitrogens with zero attached hydrogens (tertiary/aromatic N) is 2. The molecule has 0 spiro atoms. The minimum atomic E-state index is -0.210. The first-order chi connectivity index (χ1) is 10.6. The summed E-state index contributed by atoms with van der Waals surface area (Å²) >= 11 is 6.15. The van der Waals surface area contributed by atoms with Crippen LogP contribution in [0.5, 0.6) is 0 Å². The minimum Gasteiger partial charge on any atom is -0.371 e. The Morgan fingerprint density at radius 1 is 1.41 bits per heavy atom. The number of aromatic nitrogens is 1. The first kappa shape index (κ1) is 15.1. The van der Waals surface area contributed by atoms with Crippen molar-refractivity contribution < 1.29 is 4.79 Å². The zero-order valence-electron chi connectivity index (χ0n) is 12.5. The lowest BCUT2D eigenvalue weighted by Crippen LogP contribution is -2.36. The van der Waals surface area contributed by atoms with Crippen LogP contribution >= 0.6 is 11.6 Å². The molecule has 0 radical (unpaired) electrons. The molecular formula is C17H20ClN3O. The third-order valence-corrected chi connectivity index (χ3v) is 4.57. The molecule has 1 amide bonds. The van der Waals surface area contributed by atoms with Gasteiger partial charge in [-0.05, 0) is 49.4 Å². The lowest BCUT2D eigenvalue weighted by atomic mass is 9.92. The van der Waals surface area contributed by atoms with Gasteiger partial charge in [-0.2, -0.15) is 0 Å². The molecule has 1 aliphatic rings. The highest BCUT2D eigenvalue weighted by molar-refractivity contribution is 6.31. The van der Waals surface area contributed by atoms with Crippen LogP contribution in [0.1, 0.15) is 25.7 Å². The van der Waals surface area contributed by atoms with E-state index >= 15 is 0 Å². The number of fused-ring (bicyclic) bond motifs is 1. The van der Waals surface area contributed by atoms with Crippen LogP contribution in [0.4, 0.5) is 5.69 Å². The molecule has 22 heavy (non-hydrogen) atoms. The summed E-state index contributed by atoms with van der Waals surface area (Å²) < 4.78 is 0. The summed E-state index contributed by atoms with van der Waals surface area (Å²) in [5, 5.41) is 1.81. The topological polar surface area (TPSA) is 59.2 Å². The monoisotopic (exact) mass is 317 g/mol. The van der Waals surface area contributed by atoms with Gasteiger partial charge in [0.1, 0.15) is 0 Å². The molecule has 3 rings (SSSR count).